The van der Waals surface area contributed by atoms with E-state index >= 15 is 0 Å². The third-order valence-electron chi connectivity index (χ3n) is 2.63. The fourth-order valence-corrected chi connectivity index (χ4v) is 1.93. The molecule has 0 spiro atoms. The van der Waals surface area contributed by atoms with E-state index in [-0.39, 0.29) is 10.6 Å². The molecule has 0 N–H and O–H groups in total. The number of halogens is 4. The smallest absolute Gasteiger partial charge is 0.298 e. The van der Waals surface area contributed by atoms with E-state index in [1.165, 1.54) is 12.1 Å². The molecule has 0 aliphatic carbocycles. The summed E-state index contributed by atoms with van der Waals surface area (Å²) in [4.78, 5) is 10.7. The maximum atomic E-state index is 12.7. The average Bonchev–Trinajstić information content (AvgIpc) is 2.38. The lowest BCUT2D eigenvalue weighted by Gasteiger charge is -2.11. The second kappa shape index (κ2) is 5.05. The summed E-state index contributed by atoms with van der Waals surface area (Å²) in [5.41, 5.74) is 0.329. The Labute approximate surface area is 112 Å². The van der Waals surface area contributed by atoms with E-state index < -0.39 is 11.7 Å². The molecule has 0 aliphatic rings. The van der Waals surface area contributed by atoms with E-state index in [1.807, 2.05) is 0 Å². The average molecular weight is 285 g/mol. The van der Waals surface area contributed by atoms with Gasteiger partial charge in [0, 0.05) is 16.1 Å². The molecule has 2 rings (SSSR count). The van der Waals surface area contributed by atoms with Gasteiger partial charge < -0.3 is 0 Å². The predicted octanol–water partition coefficient (Wildman–Crippen LogP) is 4.84. The minimum Gasteiger partial charge on any atom is -0.298 e. The SMILES string of the molecule is O=Cc1cccc(-c2cc(C(F)(F)F)ccc2Cl)c1. The van der Waals surface area contributed by atoms with Gasteiger partial charge in [0.05, 0.1) is 5.56 Å². The molecule has 2 aromatic rings. The summed E-state index contributed by atoms with van der Waals surface area (Å²) >= 11 is 5.92. The van der Waals surface area contributed by atoms with Gasteiger partial charge in [-0.15, -0.1) is 0 Å². The summed E-state index contributed by atoms with van der Waals surface area (Å²) in [7, 11) is 0. The maximum absolute atomic E-state index is 12.7. The molecular formula is C14H8ClF3O. The zero-order chi connectivity index (χ0) is 14.0. The highest BCUT2D eigenvalue weighted by molar-refractivity contribution is 6.33. The van der Waals surface area contributed by atoms with Gasteiger partial charge in [0.25, 0.3) is 0 Å². The van der Waals surface area contributed by atoms with Crippen molar-refractivity contribution >= 4 is 17.9 Å². The van der Waals surface area contributed by atoms with Crippen LogP contribution in [0.15, 0.2) is 42.5 Å². The van der Waals surface area contributed by atoms with Crippen LogP contribution in [-0.4, -0.2) is 6.29 Å². The molecule has 5 heteroatoms. The molecule has 0 saturated heterocycles. The van der Waals surface area contributed by atoms with Crippen LogP contribution in [0.2, 0.25) is 5.02 Å². The molecular weight excluding hydrogens is 277 g/mol. The Morgan fingerprint density at radius 1 is 1.05 bits per heavy atom. The largest absolute Gasteiger partial charge is 0.416 e. The fraction of sp³-hybridized carbons (Fsp3) is 0.0714. The van der Waals surface area contributed by atoms with Gasteiger partial charge in [0.2, 0.25) is 0 Å². The Morgan fingerprint density at radius 3 is 2.42 bits per heavy atom. The lowest BCUT2D eigenvalue weighted by atomic mass is 10.0. The second-order valence-electron chi connectivity index (χ2n) is 3.94. The van der Waals surface area contributed by atoms with Crippen molar-refractivity contribution in [1.29, 1.82) is 0 Å². The molecule has 0 aromatic heterocycles. The first-order valence-corrected chi connectivity index (χ1v) is 5.72. The topological polar surface area (TPSA) is 17.1 Å². The van der Waals surface area contributed by atoms with Gasteiger partial charge in [-0.1, -0.05) is 29.8 Å². The summed E-state index contributed by atoms with van der Waals surface area (Å²) in [6.45, 7) is 0. The van der Waals surface area contributed by atoms with Crippen LogP contribution in [0.1, 0.15) is 15.9 Å². The first-order chi connectivity index (χ1) is 8.91. The number of benzene rings is 2. The monoisotopic (exact) mass is 284 g/mol. The van der Waals surface area contributed by atoms with Gasteiger partial charge in [-0.25, -0.2) is 0 Å². The standard InChI is InChI=1S/C14H8ClF3O/c15-13-5-4-11(14(16,17)18)7-12(13)10-3-1-2-9(6-10)8-19/h1-8H. The third-order valence-corrected chi connectivity index (χ3v) is 2.96. The molecule has 0 amide bonds. The Bertz CT molecular complexity index is 620. The van der Waals surface area contributed by atoms with Crippen molar-refractivity contribution in [2.45, 2.75) is 6.18 Å². The van der Waals surface area contributed by atoms with Crippen molar-refractivity contribution in [3.05, 3.63) is 58.6 Å². The summed E-state index contributed by atoms with van der Waals surface area (Å²) in [6.07, 6.45) is -3.80. The van der Waals surface area contributed by atoms with Crippen LogP contribution < -0.4 is 0 Å². The molecule has 19 heavy (non-hydrogen) atoms. The Kier molecular flexibility index (Phi) is 3.62. The number of carbonyl (C=O) groups excluding carboxylic acids is 1. The normalized spacial score (nSPS) is 11.4. The lowest BCUT2D eigenvalue weighted by molar-refractivity contribution is -0.137. The van der Waals surface area contributed by atoms with Crippen LogP contribution >= 0.6 is 11.6 Å². The van der Waals surface area contributed by atoms with E-state index in [9.17, 15) is 18.0 Å². The number of carbonyl (C=O) groups is 1. The Hall–Kier alpha value is -1.81. The molecule has 0 aliphatic heterocycles. The molecule has 1 nitrogen and oxygen atoms in total. The van der Waals surface area contributed by atoms with Crippen molar-refractivity contribution in [2.24, 2.45) is 0 Å². The number of rotatable bonds is 2. The van der Waals surface area contributed by atoms with Gasteiger partial charge in [-0.2, -0.15) is 13.2 Å². The highest BCUT2D eigenvalue weighted by atomic mass is 35.5. The van der Waals surface area contributed by atoms with Crippen LogP contribution in [0.3, 0.4) is 0 Å². The molecule has 2 aromatic carbocycles. The van der Waals surface area contributed by atoms with E-state index in [2.05, 4.69) is 0 Å². The van der Waals surface area contributed by atoms with Crippen LogP contribution in [-0.2, 0) is 6.18 Å². The predicted molar refractivity (Wildman–Crippen MR) is 67.3 cm³/mol. The van der Waals surface area contributed by atoms with Crippen LogP contribution in [0, 0.1) is 0 Å². The minimum atomic E-state index is -4.43. The van der Waals surface area contributed by atoms with E-state index in [0.29, 0.717) is 17.4 Å². The number of aldehydes is 1. The summed E-state index contributed by atoms with van der Waals surface area (Å²) in [6, 6.07) is 9.37. The Morgan fingerprint density at radius 2 is 1.79 bits per heavy atom. The van der Waals surface area contributed by atoms with Gasteiger partial charge in [-0.05, 0) is 29.8 Å². The molecule has 0 bridgehead atoms. The van der Waals surface area contributed by atoms with E-state index in [0.717, 1.165) is 12.1 Å². The van der Waals surface area contributed by atoms with Gasteiger partial charge in [0.1, 0.15) is 6.29 Å². The van der Waals surface area contributed by atoms with Crippen molar-refractivity contribution in [3.63, 3.8) is 0 Å². The quantitative estimate of drug-likeness (QED) is 0.721. The number of alkyl halides is 3. The lowest BCUT2D eigenvalue weighted by Crippen LogP contribution is -2.04. The molecule has 0 saturated carbocycles. The van der Waals surface area contributed by atoms with Crippen molar-refractivity contribution in [2.75, 3.05) is 0 Å². The molecule has 0 unspecified atom stereocenters. The first kappa shape index (κ1) is 13.6. The van der Waals surface area contributed by atoms with E-state index in [1.54, 1.807) is 18.2 Å². The van der Waals surface area contributed by atoms with Crippen LogP contribution in [0.25, 0.3) is 11.1 Å². The Balaban J connectivity index is 2.57. The van der Waals surface area contributed by atoms with Crippen molar-refractivity contribution < 1.29 is 18.0 Å². The molecule has 0 radical (unpaired) electrons. The minimum absolute atomic E-state index is 0.205. The highest BCUT2D eigenvalue weighted by Gasteiger charge is 2.31. The van der Waals surface area contributed by atoms with Gasteiger partial charge in [-0.3, -0.25) is 4.79 Å². The zero-order valence-electron chi connectivity index (χ0n) is 9.54. The number of hydrogen-bond acceptors (Lipinski definition) is 1. The second-order valence-corrected chi connectivity index (χ2v) is 4.34. The maximum Gasteiger partial charge on any atom is 0.416 e. The zero-order valence-corrected chi connectivity index (χ0v) is 10.3. The molecule has 98 valence electrons. The summed E-state index contributed by atoms with van der Waals surface area (Å²) < 4.78 is 38.0. The summed E-state index contributed by atoms with van der Waals surface area (Å²) in [5.74, 6) is 0. The fourth-order valence-electron chi connectivity index (χ4n) is 1.70. The highest BCUT2D eigenvalue weighted by Crippen LogP contribution is 2.35. The van der Waals surface area contributed by atoms with Gasteiger partial charge >= 0.3 is 6.18 Å². The number of hydrogen-bond donors (Lipinski definition) is 0. The molecule has 0 atom stereocenters. The van der Waals surface area contributed by atoms with E-state index in [4.69, 9.17) is 11.6 Å². The molecule has 0 heterocycles. The van der Waals surface area contributed by atoms with Crippen molar-refractivity contribution in [1.82, 2.24) is 0 Å². The van der Waals surface area contributed by atoms with Gasteiger partial charge in [0.15, 0.2) is 0 Å². The first-order valence-electron chi connectivity index (χ1n) is 5.34. The van der Waals surface area contributed by atoms with Crippen LogP contribution in [0.4, 0.5) is 13.2 Å². The van der Waals surface area contributed by atoms with Crippen molar-refractivity contribution in [3.8, 4) is 11.1 Å². The third kappa shape index (κ3) is 2.96. The summed E-state index contributed by atoms with van der Waals surface area (Å²) in [5, 5.41) is 0.205. The molecule has 0 fully saturated rings. The van der Waals surface area contributed by atoms with Crippen LogP contribution in [0.5, 0.6) is 0 Å².